The van der Waals surface area contributed by atoms with Gasteiger partial charge in [0.2, 0.25) is 5.91 Å². The molecule has 21 heavy (non-hydrogen) atoms. The molecule has 1 aliphatic heterocycles. The van der Waals surface area contributed by atoms with Crippen LogP contribution in [-0.4, -0.2) is 43.8 Å². The van der Waals surface area contributed by atoms with Gasteiger partial charge in [0.1, 0.15) is 11.5 Å². The predicted molar refractivity (Wildman–Crippen MR) is 78.6 cm³/mol. The number of aromatic nitrogens is 4. The molecule has 6 heteroatoms. The van der Waals surface area contributed by atoms with Crippen LogP contribution in [0.5, 0.6) is 0 Å². The molecule has 0 saturated carbocycles. The van der Waals surface area contributed by atoms with Gasteiger partial charge in [-0.25, -0.2) is 15.0 Å². The van der Waals surface area contributed by atoms with Crippen LogP contribution in [0.25, 0.3) is 11.5 Å². The molecule has 0 aromatic carbocycles. The van der Waals surface area contributed by atoms with Gasteiger partial charge in [-0.1, -0.05) is 0 Å². The fraction of sp³-hybridized carbons (Fsp3) is 0.467. The van der Waals surface area contributed by atoms with E-state index in [-0.39, 0.29) is 11.8 Å². The summed E-state index contributed by atoms with van der Waals surface area (Å²) in [7, 11) is 0. The third kappa shape index (κ3) is 2.94. The minimum atomic E-state index is 0.136. The number of carbonyl (C=O) groups is 1. The average Bonchev–Trinajstić information content (AvgIpc) is 3.01. The van der Waals surface area contributed by atoms with Crippen molar-refractivity contribution in [2.24, 2.45) is 0 Å². The Morgan fingerprint density at radius 2 is 2.29 bits per heavy atom. The summed E-state index contributed by atoms with van der Waals surface area (Å²) in [5.74, 6) is 1.90. The Bertz CT molecular complexity index is 638. The minimum Gasteiger partial charge on any atom is -0.343 e. The summed E-state index contributed by atoms with van der Waals surface area (Å²) < 4.78 is 0. The quantitative estimate of drug-likeness (QED) is 0.914. The van der Waals surface area contributed by atoms with E-state index in [0.717, 1.165) is 49.0 Å². The van der Waals surface area contributed by atoms with E-state index < -0.39 is 0 Å². The van der Waals surface area contributed by atoms with E-state index >= 15 is 0 Å². The highest BCUT2D eigenvalue weighted by Crippen LogP contribution is 2.27. The van der Waals surface area contributed by atoms with Crippen molar-refractivity contribution in [3.05, 3.63) is 30.0 Å². The topological polar surface area (TPSA) is 74.8 Å². The van der Waals surface area contributed by atoms with Crippen LogP contribution in [0.4, 0.5) is 0 Å². The van der Waals surface area contributed by atoms with E-state index in [4.69, 9.17) is 0 Å². The van der Waals surface area contributed by atoms with Crippen molar-refractivity contribution in [2.45, 2.75) is 32.6 Å². The second kappa shape index (κ2) is 5.63. The summed E-state index contributed by atoms with van der Waals surface area (Å²) in [6, 6.07) is 1.99. The number of nitrogens with one attached hydrogen (secondary N) is 1. The van der Waals surface area contributed by atoms with Crippen molar-refractivity contribution in [1.82, 2.24) is 24.8 Å². The number of rotatable bonds is 2. The molecule has 1 fully saturated rings. The fourth-order valence-electron chi connectivity index (χ4n) is 2.83. The number of amides is 1. The zero-order valence-electron chi connectivity index (χ0n) is 12.3. The summed E-state index contributed by atoms with van der Waals surface area (Å²) >= 11 is 0. The van der Waals surface area contributed by atoms with E-state index in [2.05, 4.69) is 19.9 Å². The van der Waals surface area contributed by atoms with Crippen LogP contribution < -0.4 is 0 Å². The van der Waals surface area contributed by atoms with Gasteiger partial charge in [0, 0.05) is 44.0 Å². The van der Waals surface area contributed by atoms with Gasteiger partial charge in [-0.3, -0.25) is 4.79 Å². The summed E-state index contributed by atoms with van der Waals surface area (Å²) in [5, 5.41) is 0. The maximum absolute atomic E-state index is 11.6. The van der Waals surface area contributed by atoms with E-state index in [9.17, 15) is 4.79 Å². The molecule has 110 valence electrons. The molecule has 0 spiro atoms. The first kappa shape index (κ1) is 13.7. The van der Waals surface area contributed by atoms with Gasteiger partial charge >= 0.3 is 0 Å². The van der Waals surface area contributed by atoms with Crippen molar-refractivity contribution < 1.29 is 4.79 Å². The van der Waals surface area contributed by atoms with E-state index in [1.807, 2.05) is 17.9 Å². The largest absolute Gasteiger partial charge is 0.343 e. The number of aromatic amines is 1. The molecule has 0 aliphatic carbocycles. The van der Waals surface area contributed by atoms with E-state index in [1.54, 1.807) is 19.3 Å². The Morgan fingerprint density at radius 3 is 3.00 bits per heavy atom. The highest BCUT2D eigenvalue weighted by Gasteiger charge is 2.24. The number of piperidine rings is 1. The van der Waals surface area contributed by atoms with E-state index in [0.29, 0.717) is 0 Å². The highest BCUT2D eigenvalue weighted by molar-refractivity contribution is 5.73. The SMILES string of the molecule is CC(=O)N1CCCC(c2cc(-c3ncc[nH]3)nc(C)n2)C1. The maximum Gasteiger partial charge on any atom is 0.219 e. The van der Waals surface area contributed by atoms with Crippen LogP contribution in [0.2, 0.25) is 0 Å². The second-order valence-electron chi connectivity index (χ2n) is 5.47. The fourth-order valence-corrected chi connectivity index (χ4v) is 2.83. The molecule has 3 rings (SSSR count). The molecule has 1 N–H and O–H groups in total. The second-order valence-corrected chi connectivity index (χ2v) is 5.47. The normalized spacial score (nSPS) is 18.8. The van der Waals surface area contributed by atoms with Gasteiger partial charge in [0.05, 0.1) is 0 Å². The van der Waals surface area contributed by atoms with Crippen molar-refractivity contribution in [2.75, 3.05) is 13.1 Å². The smallest absolute Gasteiger partial charge is 0.219 e. The molecule has 6 nitrogen and oxygen atoms in total. The molecule has 1 atom stereocenters. The number of carbonyl (C=O) groups excluding carboxylic acids is 1. The lowest BCUT2D eigenvalue weighted by Gasteiger charge is -2.31. The molecule has 1 unspecified atom stereocenters. The number of likely N-dealkylation sites (tertiary alicyclic amines) is 1. The minimum absolute atomic E-state index is 0.136. The molecular weight excluding hydrogens is 266 g/mol. The Morgan fingerprint density at radius 1 is 1.43 bits per heavy atom. The molecule has 1 aliphatic rings. The van der Waals surface area contributed by atoms with Gasteiger partial charge in [-0.05, 0) is 25.8 Å². The zero-order chi connectivity index (χ0) is 14.8. The molecule has 0 radical (unpaired) electrons. The third-order valence-electron chi connectivity index (χ3n) is 3.88. The average molecular weight is 285 g/mol. The van der Waals surface area contributed by atoms with Gasteiger partial charge in [0.25, 0.3) is 0 Å². The number of imidazole rings is 1. The van der Waals surface area contributed by atoms with Gasteiger partial charge in [0.15, 0.2) is 5.82 Å². The molecule has 3 heterocycles. The number of hydrogen-bond acceptors (Lipinski definition) is 4. The number of hydrogen-bond donors (Lipinski definition) is 1. The zero-order valence-corrected chi connectivity index (χ0v) is 12.3. The van der Waals surface area contributed by atoms with Gasteiger partial charge in [-0.2, -0.15) is 0 Å². The lowest BCUT2D eigenvalue weighted by Crippen LogP contribution is -2.37. The monoisotopic (exact) mass is 285 g/mol. The lowest BCUT2D eigenvalue weighted by molar-refractivity contribution is -0.130. The number of nitrogens with zero attached hydrogens (tertiary/aromatic N) is 4. The van der Waals surface area contributed by atoms with Crippen molar-refractivity contribution in [3.8, 4) is 11.5 Å². The highest BCUT2D eigenvalue weighted by atomic mass is 16.2. The van der Waals surface area contributed by atoms with Crippen molar-refractivity contribution in [1.29, 1.82) is 0 Å². The maximum atomic E-state index is 11.6. The van der Waals surface area contributed by atoms with Crippen LogP contribution >= 0.6 is 0 Å². The first-order valence-corrected chi connectivity index (χ1v) is 7.24. The van der Waals surface area contributed by atoms with Crippen LogP contribution in [0.3, 0.4) is 0 Å². The van der Waals surface area contributed by atoms with Crippen LogP contribution in [0, 0.1) is 6.92 Å². The Kier molecular flexibility index (Phi) is 3.68. The lowest BCUT2D eigenvalue weighted by atomic mass is 9.94. The Balaban J connectivity index is 1.90. The van der Waals surface area contributed by atoms with Crippen LogP contribution in [0.15, 0.2) is 18.5 Å². The summed E-state index contributed by atoms with van der Waals surface area (Å²) in [6.07, 6.45) is 5.57. The van der Waals surface area contributed by atoms with Gasteiger partial charge in [-0.15, -0.1) is 0 Å². The molecule has 2 aromatic heterocycles. The Labute approximate surface area is 123 Å². The van der Waals surface area contributed by atoms with Gasteiger partial charge < -0.3 is 9.88 Å². The first-order chi connectivity index (χ1) is 10.1. The summed E-state index contributed by atoms with van der Waals surface area (Å²) in [4.78, 5) is 29.8. The molecule has 2 aromatic rings. The molecule has 0 bridgehead atoms. The predicted octanol–water partition coefficient (Wildman–Crippen LogP) is 1.90. The third-order valence-corrected chi connectivity index (χ3v) is 3.88. The molecule has 1 amide bonds. The number of aryl methyl sites for hydroxylation is 1. The van der Waals surface area contributed by atoms with E-state index in [1.165, 1.54) is 0 Å². The standard InChI is InChI=1S/C15H19N5O/c1-10-18-13(8-14(19-10)15-16-5-6-17-15)12-4-3-7-20(9-12)11(2)21/h5-6,8,12H,3-4,7,9H2,1-2H3,(H,16,17). The summed E-state index contributed by atoms with van der Waals surface area (Å²) in [5.41, 5.74) is 1.81. The van der Waals surface area contributed by atoms with Crippen LogP contribution in [-0.2, 0) is 4.79 Å². The van der Waals surface area contributed by atoms with Crippen LogP contribution in [0.1, 0.15) is 37.2 Å². The molecule has 1 saturated heterocycles. The Hall–Kier alpha value is -2.24. The van der Waals surface area contributed by atoms with Crippen molar-refractivity contribution in [3.63, 3.8) is 0 Å². The number of H-pyrrole nitrogens is 1. The van der Waals surface area contributed by atoms with Crippen molar-refractivity contribution >= 4 is 5.91 Å². The molecular formula is C15H19N5O. The summed E-state index contributed by atoms with van der Waals surface area (Å²) in [6.45, 7) is 5.10. The first-order valence-electron chi connectivity index (χ1n) is 7.24.